The van der Waals surface area contributed by atoms with Gasteiger partial charge in [0.25, 0.3) is 0 Å². The van der Waals surface area contributed by atoms with Crippen molar-refractivity contribution in [3.8, 4) is 0 Å². The van der Waals surface area contributed by atoms with E-state index in [1.807, 2.05) is 0 Å². The summed E-state index contributed by atoms with van der Waals surface area (Å²) >= 11 is 0. The highest BCUT2D eigenvalue weighted by Gasteiger charge is 2.37. The molecule has 21 heavy (non-hydrogen) atoms. The third-order valence-electron chi connectivity index (χ3n) is 4.51. The molecule has 2 heterocycles. The van der Waals surface area contributed by atoms with E-state index in [2.05, 4.69) is 57.0 Å². The molecular formula is C16H28N2O2Si. The Morgan fingerprint density at radius 2 is 1.90 bits per heavy atom. The maximum absolute atomic E-state index is 6.26. The number of nitrogens with zero attached hydrogens (tertiary/aromatic N) is 2. The Morgan fingerprint density at radius 3 is 2.52 bits per heavy atom. The molecule has 2 rings (SSSR count). The van der Waals surface area contributed by atoms with Gasteiger partial charge in [0.05, 0.1) is 25.5 Å². The highest BCUT2D eigenvalue weighted by molar-refractivity contribution is 6.74. The Kier molecular flexibility index (Phi) is 5.06. The van der Waals surface area contributed by atoms with Gasteiger partial charge in [-0.15, -0.1) is 0 Å². The SMILES string of the molecule is CC(C)(C)[Si](C)(C)OCc1cccc(N2CCOCC2)n1. The van der Waals surface area contributed by atoms with Gasteiger partial charge >= 0.3 is 0 Å². The molecule has 0 aromatic carbocycles. The van der Waals surface area contributed by atoms with Crippen molar-refractivity contribution >= 4 is 14.1 Å². The van der Waals surface area contributed by atoms with Crippen molar-refractivity contribution in [3.05, 3.63) is 23.9 Å². The summed E-state index contributed by atoms with van der Waals surface area (Å²) in [4.78, 5) is 7.03. The normalized spacial score (nSPS) is 17.1. The number of morpholine rings is 1. The van der Waals surface area contributed by atoms with Gasteiger partial charge < -0.3 is 14.1 Å². The van der Waals surface area contributed by atoms with Crippen LogP contribution in [-0.4, -0.2) is 39.6 Å². The minimum atomic E-state index is -1.72. The van der Waals surface area contributed by atoms with Crippen LogP contribution in [0.5, 0.6) is 0 Å². The van der Waals surface area contributed by atoms with Gasteiger partial charge in [0, 0.05) is 13.1 Å². The minimum Gasteiger partial charge on any atom is -0.411 e. The van der Waals surface area contributed by atoms with E-state index in [1.54, 1.807) is 0 Å². The van der Waals surface area contributed by atoms with Crippen LogP contribution in [0.2, 0.25) is 18.1 Å². The molecule has 0 bridgehead atoms. The van der Waals surface area contributed by atoms with E-state index in [9.17, 15) is 0 Å². The van der Waals surface area contributed by atoms with E-state index < -0.39 is 8.32 Å². The second kappa shape index (κ2) is 6.46. The summed E-state index contributed by atoms with van der Waals surface area (Å²) in [6, 6.07) is 6.19. The lowest BCUT2D eigenvalue weighted by atomic mass is 10.2. The van der Waals surface area contributed by atoms with Gasteiger partial charge in [-0.25, -0.2) is 4.98 Å². The number of rotatable bonds is 4. The molecule has 1 saturated heterocycles. The number of hydrogen-bond donors (Lipinski definition) is 0. The fraction of sp³-hybridized carbons (Fsp3) is 0.688. The average molecular weight is 308 g/mol. The largest absolute Gasteiger partial charge is 0.411 e. The molecule has 0 amide bonds. The fourth-order valence-electron chi connectivity index (χ4n) is 1.99. The summed E-state index contributed by atoms with van der Waals surface area (Å²) in [5.74, 6) is 1.04. The molecule has 0 N–H and O–H groups in total. The van der Waals surface area contributed by atoms with Crippen LogP contribution in [0, 0.1) is 0 Å². The molecule has 0 atom stereocenters. The van der Waals surface area contributed by atoms with Crippen LogP contribution >= 0.6 is 0 Å². The Hall–Kier alpha value is -0.913. The zero-order valence-corrected chi connectivity index (χ0v) is 15.0. The van der Waals surface area contributed by atoms with Gasteiger partial charge in [-0.05, 0) is 30.3 Å². The molecule has 1 aromatic heterocycles. The van der Waals surface area contributed by atoms with Gasteiger partial charge in [-0.2, -0.15) is 0 Å². The van der Waals surface area contributed by atoms with Gasteiger partial charge in [0.15, 0.2) is 8.32 Å². The molecule has 0 spiro atoms. The van der Waals surface area contributed by atoms with Crippen LogP contribution < -0.4 is 4.90 Å². The molecule has 0 aliphatic carbocycles. The first-order chi connectivity index (χ1) is 9.79. The summed E-state index contributed by atoms with van der Waals surface area (Å²) in [5, 5.41) is 0.231. The summed E-state index contributed by atoms with van der Waals surface area (Å²) < 4.78 is 11.6. The van der Waals surface area contributed by atoms with Crippen molar-refractivity contribution in [1.29, 1.82) is 0 Å². The zero-order valence-electron chi connectivity index (χ0n) is 14.0. The lowest BCUT2D eigenvalue weighted by molar-refractivity contribution is 0.122. The van der Waals surface area contributed by atoms with Gasteiger partial charge in [-0.1, -0.05) is 26.8 Å². The maximum atomic E-state index is 6.26. The first kappa shape index (κ1) is 16.5. The number of pyridine rings is 1. The maximum Gasteiger partial charge on any atom is 0.192 e. The number of anilines is 1. The molecule has 0 radical (unpaired) electrons. The number of aromatic nitrogens is 1. The lowest BCUT2D eigenvalue weighted by Gasteiger charge is -2.36. The second-order valence-electron chi connectivity index (χ2n) is 7.14. The van der Waals surface area contributed by atoms with Crippen LogP contribution in [0.25, 0.3) is 0 Å². The van der Waals surface area contributed by atoms with E-state index in [-0.39, 0.29) is 5.04 Å². The smallest absolute Gasteiger partial charge is 0.192 e. The van der Waals surface area contributed by atoms with Crippen molar-refractivity contribution in [2.75, 3.05) is 31.2 Å². The van der Waals surface area contributed by atoms with Crippen LogP contribution in [0.4, 0.5) is 5.82 Å². The Morgan fingerprint density at radius 1 is 1.24 bits per heavy atom. The molecular weight excluding hydrogens is 280 g/mol. The fourth-order valence-corrected chi connectivity index (χ4v) is 2.93. The van der Waals surface area contributed by atoms with E-state index in [4.69, 9.17) is 14.1 Å². The third-order valence-corrected chi connectivity index (χ3v) is 8.99. The number of hydrogen-bond acceptors (Lipinski definition) is 4. The topological polar surface area (TPSA) is 34.6 Å². The average Bonchev–Trinajstić information content (AvgIpc) is 2.45. The van der Waals surface area contributed by atoms with Gasteiger partial charge in [0.2, 0.25) is 0 Å². The Bertz CT molecular complexity index is 466. The first-order valence-corrected chi connectivity index (χ1v) is 10.6. The number of ether oxygens (including phenoxy) is 1. The predicted molar refractivity (Wildman–Crippen MR) is 89.3 cm³/mol. The van der Waals surface area contributed by atoms with E-state index in [0.717, 1.165) is 37.8 Å². The van der Waals surface area contributed by atoms with Crippen molar-refractivity contribution in [3.63, 3.8) is 0 Å². The first-order valence-electron chi connectivity index (χ1n) is 7.72. The summed E-state index contributed by atoms with van der Waals surface area (Å²) in [7, 11) is -1.72. The highest BCUT2D eigenvalue weighted by atomic mass is 28.4. The Balaban J connectivity index is 2.01. The second-order valence-corrected chi connectivity index (χ2v) is 11.9. The minimum absolute atomic E-state index is 0.231. The molecule has 1 aromatic rings. The molecule has 5 heteroatoms. The summed E-state index contributed by atoms with van der Waals surface area (Å²) in [6.45, 7) is 15.3. The molecule has 4 nitrogen and oxygen atoms in total. The molecule has 1 aliphatic rings. The van der Waals surface area contributed by atoms with E-state index in [0.29, 0.717) is 6.61 Å². The molecule has 1 aliphatic heterocycles. The highest BCUT2D eigenvalue weighted by Crippen LogP contribution is 2.37. The van der Waals surface area contributed by atoms with Gasteiger partial charge in [0.1, 0.15) is 5.82 Å². The van der Waals surface area contributed by atoms with Crippen LogP contribution in [-0.2, 0) is 15.8 Å². The Labute approximate surface area is 129 Å². The van der Waals surface area contributed by atoms with Crippen molar-refractivity contribution in [2.45, 2.75) is 45.5 Å². The van der Waals surface area contributed by atoms with Crippen molar-refractivity contribution in [2.24, 2.45) is 0 Å². The van der Waals surface area contributed by atoms with Crippen LogP contribution in [0.3, 0.4) is 0 Å². The monoisotopic (exact) mass is 308 g/mol. The van der Waals surface area contributed by atoms with Crippen molar-refractivity contribution in [1.82, 2.24) is 4.98 Å². The molecule has 0 saturated carbocycles. The standard InChI is InChI=1S/C16H28N2O2Si/c1-16(2,3)21(4,5)20-13-14-7-6-8-15(17-14)18-9-11-19-12-10-18/h6-8H,9-13H2,1-5H3. The van der Waals surface area contributed by atoms with Crippen molar-refractivity contribution < 1.29 is 9.16 Å². The molecule has 118 valence electrons. The van der Waals surface area contributed by atoms with Crippen LogP contribution in [0.15, 0.2) is 18.2 Å². The molecule has 0 unspecified atom stereocenters. The lowest BCUT2D eigenvalue weighted by Crippen LogP contribution is -2.40. The van der Waals surface area contributed by atoms with E-state index >= 15 is 0 Å². The van der Waals surface area contributed by atoms with Crippen LogP contribution in [0.1, 0.15) is 26.5 Å². The van der Waals surface area contributed by atoms with Gasteiger partial charge in [-0.3, -0.25) is 0 Å². The third kappa shape index (κ3) is 4.28. The summed E-state index contributed by atoms with van der Waals surface area (Å²) in [5.41, 5.74) is 1.02. The predicted octanol–water partition coefficient (Wildman–Crippen LogP) is 3.44. The quantitative estimate of drug-likeness (QED) is 0.798. The van der Waals surface area contributed by atoms with E-state index in [1.165, 1.54) is 0 Å². The molecule has 1 fully saturated rings. The zero-order chi connectivity index (χ0) is 15.5. The summed E-state index contributed by atoms with van der Waals surface area (Å²) in [6.07, 6.45) is 0.